The summed E-state index contributed by atoms with van der Waals surface area (Å²) < 4.78 is 0.498. The first-order chi connectivity index (χ1) is 12.5. The van der Waals surface area contributed by atoms with Crippen molar-refractivity contribution in [2.75, 3.05) is 5.32 Å². The van der Waals surface area contributed by atoms with Gasteiger partial charge in [0.25, 0.3) is 11.4 Å². The van der Waals surface area contributed by atoms with Crippen LogP contribution in [0.2, 0.25) is 0 Å². The normalized spacial score (nSPS) is 10.5. The number of hydrogen-bond donors (Lipinski definition) is 1. The molecule has 0 aliphatic carbocycles. The van der Waals surface area contributed by atoms with E-state index in [1.807, 2.05) is 30.3 Å². The molecule has 9 nitrogen and oxygen atoms in total. The summed E-state index contributed by atoms with van der Waals surface area (Å²) in [5.74, 6) is 0. The van der Waals surface area contributed by atoms with E-state index in [0.717, 1.165) is 23.4 Å². The van der Waals surface area contributed by atoms with Gasteiger partial charge in [0, 0.05) is 12.6 Å². The van der Waals surface area contributed by atoms with Crippen LogP contribution in [0, 0.1) is 20.2 Å². The summed E-state index contributed by atoms with van der Waals surface area (Å²) in [6.45, 7) is 0.581. The summed E-state index contributed by atoms with van der Waals surface area (Å²) in [5, 5.41) is 33.7. The molecule has 0 radical (unpaired) electrons. The minimum absolute atomic E-state index is 0.270. The Labute approximate surface area is 155 Å². The number of benzene rings is 2. The lowest BCUT2D eigenvalue weighted by atomic mass is 10.2. The Balaban J connectivity index is 1.72. The highest BCUT2D eigenvalue weighted by molar-refractivity contribution is 8.01. The van der Waals surface area contributed by atoms with Gasteiger partial charge in [-0.25, -0.2) is 0 Å². The fourth-order valence-corrected chi connectivity index (χ4v) is 3.83. The Hall–Kier alpha value is -3.05. The molecule has 0 aliphatic heterocycles. The van der Waals surface area contributed by atoms with Crippen LogP contribution in [0.1, 0.15) is 5.56 Å². The van der Waals surface area contributed by atoms with Crippen molar-refractivity contribution in [2.45, 2.75) is 15.8 Å². The van der Waals surface area contributed by atoms with Crippen LogP contribution >= 0.6 is 23.1 Å². The largest absolute Gasteiger partial charge is 0.356 e. The quantitative estimate of drug-likeness (QED) is 0.473. The van der Waals surface area contributed by atoms with Crippen LogP contribution in [-0.4, -0.2) is 20.0 Å². The number of nitro benzene ring substituents is 2. The van der Waals surface area contributed by atoms with Crippen molar-refractivity contribution in [2.24, 2.45) is 0 Å². The molecule has 1 heterocycles. The number of rotatable bonds is 7. The third kappa shape index (κ3) is 4.32. The summed E-state index contributed by atoms with van der Waals surface area (Å²) in [5.41, 5.74) is 0.421. The molecule has 1 N–H and O–H groups in total. The molecule has 0 bridgehead atoms. The van der Waals surface area contributed by atoms with Crippen molar-refractivity contribution in [1.29, 1.82) is 0 Å². The summed E-state index contributed by atoms with van der Waals surface area (Å²) in [6, 6.07) is 13.3. The minimum atomic E-state index is -0.669. The van der Waals surface area contributed by atoms with E-state index in [2.05, 4.69) is 15.5 Å². The highest BCUT2D eigenvalue weighted by Gasteiger charge is 2.21. The van der Waals surface area contributed by atoms with E-state index in [-0.39, 0.29) is 16.3 Å². The van der Waals surface area contributed by atoms with Gasteiger partial charge in [-0.2, -0.15) is 0 Å². The molecule has 0 aliphatic rings. The molecule has 0 saturated heterocycles. The first-order valence-corrected chi connectivity index (χ1v) is 8.88. The summed E-state index contributed by atoms with van der Waals surface area (Å²) in [7, 11) is 0. The number of nitro groups is 2. The first-order valence-electron chi connectivity index (χ1n) is 7.25. The van der Waals surface area contributed by atoms with Crippen LogP contribution < -0.4 is 5.32 Å². The predicted octanol–water partition coefficient (Wildman–Crippen LogP) is 4.12. The molecule has 3 rings (SSSR count). The van der Waals surface area contributed by atoms with Gasteiger partial charge >= 0.3 is 0 Å². The minimum Gasteiger partial charge on any atom is -0.356 e. The van der Waals surface area contributed by atoms with Gasteiger partial charge in [0.15, 0.2) is 4.34 Å². The lowest BCUT2D eigenvalue weighted by molar-refractivity contribution is -0.396. The Morgan fingerprint density at radius 2 is 1.81 bits per heavy atom. The summed E-state index contributed by atoms with van der Waals surface area (Å²) >= 11 is 2.30. The molecule has 11 heteroatoms. The maximum atomic E-state index is 11.2. The third-order valence-corrected chi connectivity index (χ3v) is 5.24. The highest BCUT2D eigenvalue weighted by atomic mass is 32.2. The van der Waals surface area contributed by atoms with Gasteiger partial charge in [-0.1, -0.05) is 41.7 Å². The molecule has 0 atom stereocenters. The summed E-state index contributed by atoms with van der Waals surface area (Å²) in [6.07, 6.45) is 0. The molecule has 2 aromatic carbocycles. The van der Waals surface area contributed by atoms with Crippen LogP contribution in [0.15, 0.2) is 57.8 Å². The summed E-state index contributed by atoms with van der Waals surface area (Å²) in [4.78, 5) is 20.9. The molecule has 0 amide bonds. The van der Waals surface area contributed by atoms with Crippen molar-refractivity contribution < 1.29 is 9.85 Å². The molecular weight excluding hydrogens is 378 g/mol. The van der Waals surface area contributed by atoms with E-state index in [0.29, 0.717) is 16.0 Å². The Morgan fingerprint density at radius 3 is 2.50 bits per heavy atom. The van der Waals surface area contributed by atoms with E-state index in [1.54, 1.807) is 0 Å². The maximum absolute atomic E-state index is 11.2. The molecule has 3 aromatic rings. The van der Waals surface area contributed by atoms with Gasteiger partial charge in [0.1, 0.15) is 0 Å². The van der Waals surface area contributed by atoms with Crippen molar-refractivity contribution in [3.05, 3.63) is 74.3 Å². The number of anilines is 1. The zero-order valence-corrected chi connectivity index (χ0v) is 14.7. The number of nitrogens with zero attached hydrogens (tertiary/aromatic N) is 4. The van der Waals surface area contributed by atoms with Crippen molar-refractivity contribution in [1.82, 2.24) is 10.2 Å². The second kappa shape index (κ2) is 7.89. The number of hydrogen-bond acceptors (Lipinski definition) is 9. The molecular formula is C15H11N5O4S2. The Kier molecular flexibility index (Phi) is 5.39. The lowest BCUT2D eigenvalue weighted by Gasteiger charge is -2.01. The average molecular weight is 389 g/mol. The molecule has 0 fully saturated rings. The van der Waals surface area contributed by atoms with Gasteiger partial charge in [0.05, 0.1) is 20.8 Å². The second-order valence-corrected chi connectivity index (χ2v) is 7.25. The van der Waals surface area contributed by atoms with E-state index in [9.17, 15) is 20.2 Å². The van der Waals surface area contributed by atoms with Gasteiger partial charge in [-0.05, 0) is 23.4 Å². The maximum Gasteiger partial charge on any atom is 0.290 e. The van der Waals surface area contributed by atoms with Crippen molar-refractivity contribution in [3.63, 3.8) is 0 Å². The predicted molar refractivity (Wildman–Crippen MR) is 97.6 cm³/mol. The number of non-ortho nitro benzene ring substituents is 1. The molecule has 26 heavy (non-hydrogen) atoms. The van der Waals surface area contributed by atoms with E-state index < -0.39 is 9.85 Å². The SMILES string of the molecule is O=[N+]([O-])c1ccc(Sc2nnc(NCc3ccccc3)s2)c([N+](=O)[O-])c1. The molecule has 0 saturated carbocycles. The average Bonchev–Trinajstić information content (AvgIpc) is 3.08. The van der Waals surface area contributed by atoms with E-state index in [1.165, 1.54) is 23.5 Å². The highest BCUT2D eigenvalue weighted by Crippen LogP contribution is 2.38. The molecule has 1 aromatic heterocycles. The molecule has 0 spiro atoms. The van der Waals surface area contributed by atoms with Crippen molar-refractivity contribution in [3.8, 4) is 0 Å². The smallest absolute Gasteiger partial charge is 0.290 e. The standard InChI is InChI=1S/C15H11N5O4S2/c21-19(22)11-6-7-13(12(8-11)20(23)24)25-15-18-17-14(26-15)16-9-10-4-2-1-3-5-10/h1-8H,9H2,(H,16,17). The Bertz CT molecular complexity index is 948. The Morgan fingerprint density at radius 1 is 1.04 bits per heavy atom. The van der Waals surface area contributed by atoms with Gasteiger partial charge in [-0.15, -0.1) is 10.2 Å². The fraction of sp³-hybridized carbons (Fsp3) is 0.0667. The first kappa shape index (κ1) is 17.8. The number of nitrogens with one attached hydrogen (secondary N) is 1. The topological polar surface area (TPSA) is 124 Å². The lowest BCUT2D eigenvalue weighted by Crippen LogP contribution is -1.98. The zero-order chi connectivity index (χ0) is 18.5. The van der Waals surface area contributed by atoms with Crippen LogP contribution in [0.5, 0.6) is 0 Å². The fourth-order valence-electron chi connectivity index (χ4n) is 2.04. The van der Waals surface area contributed by atoms with Crippen LogP contribution in [0.25, 0.3) is 0 Å². The second-order valence-electron chi connectivity index (χ2n) is 4.98. The molecule has 132 valence electrons. The zero-order valence-electron chi connectivity index (χ0n) is 13.1. The third-order valence-electron chi connectivity index (χ3n) is 3.24. The van der Waals surface area contributed by atoms with E-state index in [4.69, 9.17) is 0 Å². The van der Waals surface area contributed by atoms with Crippen LogP contribution in [0.3, 0.4) is 0 Å². The van der Waals surface area contributed by atoms with Crippen LogP contribution in [-0.2, 0) is 6.54 Å². The monoisotopic (exact) mass is 389 g/mol. The molecule has 0 unspecified atom stereocenters. The van der Waals surface area contributed by atoms with E-state index >= 15 is 0 Å². The van der Waals surface area contributed by atoms with Crippen molar-refractivity contribution >= 4 is 39.6 Å². The van der Waals surface area contributed by atoms with Gasteiger partial charge < -0.3 is 5.32 Å². The van der Waals surface area contributed by atoms with Crippen LogP contribution in [0.4, 0.5) is 16.5 Å². The van der Waals surface area contributed by atoms with Gasteiger partial charge in [-0.3, -0.25) is 20.2 Å². The number of aromatic nitrogens is 2. The van der Waals surface area contributed by atoms with Gasteiger partial charge in [0.2, 0.25) is 5.13 Å².